The first kappa shape index (κ1) is 16.8. The zero-order chi connectivity index (χ0) is 15.7. The number of esters is 1. The zero-order valence-electron chi connectivity index (χ0n) is 13.7. The van der Waals surface area contributed by atoms with E-state index in [0.717, 1.165) is 38.5 Å². The van der Waals surface area contributed by atoms with Crippen LogP contribution in [0.4, 0.5) is 0 Å². The Kier molecular flexibility index (Phi) is 4.69. The van der Waals surface area contributed by atoms with E-state index in [1.807, 2.05) is 20.8 Å². The van der Waals surface area contributed by atoms with Gasteiger partial charge in [-0.2, -0.15) is 0 Å². The fraction of sp³-hybridized carbons (Fsp3) is 0.941. The van der Waals surface area contributed by atoms with Gasteiger partial charge in [-0.3, -0.25) is 4.79 Å². The lowest BCUT2D eigenvalue weighted by molar-refractivity contribution is -0.198. The van der Waals surface area contributed by atoms with Crippen molar-refractivity contribution in [1.29, 1.82) is 0 Å². The van der Waals surface area contributed by atoms with Gasteiger partial charge in [-0.15, -0.1) is 0 Å². The summed E-state index contributed by atoms with van der Waals surface area (Å²) in [5, 5.41) is 20.0. The van der Waals surface area contributed by atoms with Gasteiger partial charge in [0.15, 0.2) is 0 Å². The fourth-order valence-corrected chi connectivity index (χ4v) is 3.99. The molecule has 2 saturated carbocycles. The predicted octanol–water partition coefficient (Wildman–Crippen LogP) is 2.80. The summed E-state index contributed by atoms with van der Waals surface area (Å²) in [6, 6.07) is 0. The van der Waals surface area contributed by atoms with Gasteiger partial charge >= 0.3 is 5.97 Å². The largest absolute Gasteiger partial charge is 0.459 e. The molecular weight excluding hydrogens is 268 g/mol. The number of hydrogen-bond acceptors (Lipinski definition) is 4. The summed E-state index contributed by atoms with van der Waals surface area (Å²) in [6.07, 6.45) is 6.16. The van der Waals surface area contributed by atoms with Gasteiger partial charge in [0.05, 0.1) is 11.0 Å². The van der Waals surface area contributed by atoms with E-state index in [1.54, 1.807) is 0 Å². The van der Waals surface area contributed by atoms with Crippen LogP contribution in [-0.2, 0) is 9.53 Å². The van der Waals surface area contributed by atoms with E-state index >= 15 is 0 Å². The average molecular weight is 298 g/mol. The number of ether oxygens (including phenoxy) is 1. The summed E-state index contributed by atoms with van der Waals surface area (Å²) < 4.78 is 5.97. The Morgan fingerprint density at radius 3 is 2.71 bits per heavy atom. The first-order valence-electron chi connectivity index (χ1n) is 8.31. The van der Waals surface area contributed by atoms with Gasteiger partial charge in [0.25, 0.3) is 0 Å². The molecular formula is C17H30O4. The highest BCUT2D eigenvalue weighted by Gasteiger charge is 2.52. The highest BCUT2D eigenvalue weighted by atomic mass is 16.6. The SMILES string of the molecule is CCC(C)(C)C(=O)OC12CCCC(CC(O)(CCO)C1)C2. The molecule has 0 saturated heterocycles. The molecule has 122 valence electrons. The van der Waals surface area contributed by atoms with Crippen LogP contribution >= 0.6 is 0 Å². The van der Waals surface area contributed by atoms with Crippen LogP contribution in [-0.4, -0.2) is 34.0 Å². The van der Waals surface area contributed by atoms with E-state index < -0.39 is 16.6 Å². The third-order valence-corrected chi connectivity index (χ3v) is 5.55. The summed E-state index contributed by atoms with van der Waals surface area (Å²) >= 11 is 0. The number of fused-ring (bicyclic) bond motifs is 2. The van der Waals surface area contributed by atoms with Crippen LogP contribution in [0.25, 0.3) is 0 Å². The Labute approximate surface area is 127 Å². The maximum atomic E-state index is 12.5. The molecule has 0 aromatic carbocycles. The van der Waals surface area contributed by atoms with Crippen LogP contribution in [0.2, 0.25) is 0 Å². The summed E-state index contributed by atoms with van der Waals surface area (Å²) in [5.41, 5.74) is -1.88. The Hall–Kier alpha value is -0.610. The number of hydrogen-bond donors (Lipinski definition) is 2. The van der Waals surface area contributed by atoms with Gasteiger partial charge in [-0.05, 0) is 58.3 Å². The maximum absolute atomic E-state index is 12.5. The van der Waals surface area contributed by atoms with Gasteiger partial charge in [0.2, 0.25) is 0 Å². The van der Waals surface area contributed by atoms with E-state index in [9.17, 15) is 15.0 Å². The van der Waals surface area contributed by atoms with Gasteiger partial charge in [0.1, 0.15) is 5.60 Å². The predicted molar refractivity (Wildman–Crippen MR) is 80.7 cm³/mol. The normalized spacial score (nSPS) is 36.3. The minimum absolute atomic E-state index is 0.0201. The maximum Gasteiger partial charge on any atom is 0.312 e. The van der Waals surface area contributed by atoms with Crippen LogP contribution in [0.1, 0.15) is 72.1 Å². The third kappa shape index (κ3) is 3.59. The van der Waals surface area contributed by atoms with Crippen LogP contribution in [0, 0.1) is 11.3 Å². The van der Waals surface area contributed by atoms with Gasteiger partial charge in [-0.1, -0.05) is 13.3 Å². The van der Waals surface area contributed by atoms with Crippen molar-refractivity contribution in [3.05, 3.63) is 0 Å². The van der Waals surface area contributed by atoms with Crippen molar-refractivity contribution in [2.24, 2.45) is 11.3 Å². The molecule has 4 nitrogen and oxygen atoms in total. The molecule has 2 bridgehead atoms. The molecule has 2 aliphatic carbocycles. The lowest BCUT2D eigenvalue weighted by atomic mass is 9.62. The van der Waals surface area contributed by atoms with Crippen LogP contribution in [0.5, 0.6) is 0 Å². The average Bonchev–Trinajstić information content (AvgIpc) is 2.37. The number of aliphatic hydroxyl groups excluding tert-OH is 1. The molecule has 0 spiro atoms. The zero-order valence-corrected chi connectivity index (χ0v) is 13.7. The number of carbonyl (C=O) groups is 1. The Bertz CT molecular complexity index is 392. The standard InChI is InChI=1S/C17H30O4/c1-4-15(2,3)14(19)21-17-7-5-6-13(11-17)10-16(20,12-17)8-9-18/h13,18,20H,4-12H2,1-3H3. The van der Waals surface area contributed by atoms with Crippen LogP contribution in [0.15, 0.2) is 0 Å². The second-order valence-corrected chi connectivity index (χ2v) is 7.85. The molecule has 3 atom stereocenters. The molecule has 0 aromatic heterocycles. The molecule has 2 rings (SSSR count). The monoisotopic (exact) mass is 298 g/mol. The van der Waals surface area contributed by atoms with Gasteiger partial charge in [-0.25, -0.2) is 0 Å². The molecule has 0 aliphatic heterocycles. The van der Waals surface area contributed by atoms with Crippen molar-refractivity contribution in [3.8, 4) is 0 Å². The molecule has 0 amide bonds. The molecule has 2 N–H and O–H groups in total. The van der Waals surface area contributed by atoms with Crippen LogP contribution < -0.4 is 0 Å². The number of aliphatic hydroxyl groups is 2. The Morgan fingerprint density at radius 2 is 2.10 bits per heavy atom. The fourth-order valence-electron chi connectivity index (χ4n) is 3.99. The molecule has 3 unspecified atom stereocenters. The van der Waals surface area contributed by atoms with Gasteiger partial charge < -0.3 is 14.9 Å². The number of carbonyl (C=O) groups excluding carboxylic acids is 1. The van der Waals surface area contributed by atoms with Crippen molar-refractivity contribution in [1.82, 2.24) is 0 Å². The van der Waals surface area contributed by atoms with E-state index in [-0.39, 0.29) is 12.6 Å². The lowest BCUT2D eigenvalue weighted by Crippen LogP contribution is -2.54. The van der Waals surface area contributed by atoms with Crippen molar-refractivity contribution >= 4 is 5.97 Å². The van der Waals surface area contributed by atoms with E-state index in [2.05, 4.69) is 0 Å². The third-order valence-electron chi connectivity index (χ3n) is 5.55. The topological polar surface area (TPSA) is 66.8 Å². The van der Waals surface area contributed by atoms with E-state index in [1.165, 1.54) is 0 Å². The van der Waals surface area contributed by atoms with Crippen molar-refractivity contribution in [2.75, 3.05) is 6.61 Å². The summed E-state index contributed by atoms with van der Waals surface area (Å²) in [7, 11) is 0. The molecule has 2 fully saturated rings. The number of rotatable bonds is 5. The minimum atomic E-state index is -0.880. The van der Waals surface area contributed by atoms with Crippen LogP contribution in [0.3, 0.4) is 0 Å². The highest BCUT2D eigenvalue weighted by Crippen LogP contribution is 2.50. The summed E-state index contributed by atoms with van der Waals surface area (Å²) in [5.74, 6) is 0.250. The quantitative estimate of drug-likeness (QED) is 0.766. The second kappa shape index (κ2) is 5.88. The minimum Gasteiger partial charge on any atom is -0.459 e. The van der Waals surface area contributed by atoms with Gasteiger partial charge in [0, 0.05) is 13.0 Å². The molecule has 2 aliphatic rings. The van der Waals surface area contributed by atoms with Crippen molar-refractivity contribution in [2.45, 2.75) is 83.3 Å². The smallest absolute Gasteiger partial charge is 0.312 e. The Morgan fingerprint density at radius 1 is 1.38 bits per heavy atom. The van der Waals surface area contributed by atoms with Crippen molar-refractivity contribution < 1.29 is 19.7 Å². The molecule has 4 heteroatoms. The van der Waals surface area contributed by atoms with E-state index in [4.69, 9.17) is 4.74 Å². The molecule has 0 aromatic rings. The second-order valence-electron chi connectivity index (χ2n) is 7.85. The highest BCUT2D eigenvalue weighted by molar-refractivity contribution is 5.76. The molecule has 0 heterocycles. The van der Waals surface area contributed by atoms with Crippen molar-refractivity contribution in [3.63, 3.8) is 0 Å². The summed E-state index contributed by atoms with van der Waals surface area (Å²) in [4.78, 5) is 12.5. The first-order chi connectivity index (χ1) is 9.74. The summed E-state index contributed by atoms with van der Waals surface area (Å²) in [6.45, 7) is 5.79. The van der Waals surface area contributed by atoms with E-state index in [0.29, 0.717) is 18.8 Å². The first-order valence-corrected chi connectivity index (χ1v) is 8.31. The Balaban J connectivity index is 2.16. The lowest BCUT2D eigenvalue weighted by Gasteiger charge is -2.51. The molecule has 0 radical (unpaired) electrons. The molecule has 21 heavy (non-hydrogen) atoms.